The van der Waals surface area contributed by atoms with E-state index in [1.165, 1.54) is 9.80 Å². The summed E-state index contributed by atoms with van der Waals surface area (Å²) in [6, 6.07) is 9.02. The molecule has 12 nitrogen and oxygen atoms in total. The minimum absolute atomic E-state index is 0.0773. The van der Waals surface area contributed by atoms with E-state index in [9.17, 15) is 47.3 Å². The molecule has 56 heavy (non-hydrogen) atoms. The normalized spacial score (nSPS) is 34.2. The molecule has 0 spiro atoms. The third-order valence-electron chi connectivity index (χ3n) is 13.7. The first kappa shape index (κ1) is 39.9. The Bertz CT molecular complexity index is 1630. The number of hydrogen-bond donors (Lipinski definition) is 2. The third-order valence-corrected chi connectivity index (χ3v) is 13.7. The smallest absolute Gasteiger partial charge is 0.312 e. The first-order valence-corrected chi connectivity index (χ1v) is 19.6. The maximum absolute atomic E-state index is 13.8. The molecule has 1 aromatic carbocycles. The highest BCUT2D eigenvalue weighted by Crippen LogP contribution is 2.54. The van der Waals surface area contributed by atoms with E-state index >= 15 is 0 Å². The van der Waals surface area contributed by atoms with Crippen molar-refractivity contribution in [3.63, 3.8) is 0 Å². The second kappa shape index (κ2) is 14.9. The fourth-order valence-electron chi connectivity index (χ4n) is 10.1. The summed E-state index contributed by atoms with van der Waals surface area (Å²) < 4.78 is 66.8. The molecular formula is C40H48F4N6O6. The fourth-order valence-corrected chi connectivity index (χ4v) is 10.1. The van der Waals surface area contributed by atoms with Gasteiger partial charge >= 0.3 is 11.9 Å². The van der Waals surface area contributed by atoms with Crippen molar-refractivity contribution < 1.29 is 46.2 Å². The van der Waals surface area contributed by atoms with Gasteiger partial charge < -0.3 is 20.1 Å². The monoisotopic (exact) mass is 784 g/mol. The van der Waals surface area contributed by atoms with E-state index in [0.717, 1.165) is 11.1 Å². The fraction of sp³-hybridized carbons (Fsp3) is 0.700. The van der Waals surface area contributed by atoms with Gasteiger partial charge in [-0.25, -0.2) is 17.6 Å². The lowest BCUT2D eigenvalue weighted by Gasteiger charge is -2.52. The van der Waals surface area contributed by atoms with Gasteiger partial charge in [-0.05, 0) is 88.2 Å². The average Bonchev–Trinajstić information content (AvgIpc) is 3.65. The van der Waals surface area contributed by atoms with Gasteiger partial charge in [0.15, 0.2) is 0 Å². The molecular weight excluding hydrogens is 736 g/mol. The van der Waals surface area contributed by atoms with Gasteiger partial charge in [0, 0.05) is 23.9 Å². The highest BCUT2D eigenvalue weighted by molar-refractivity contribution is 5.81. The number of carbonyl (C=O) groups is 4. The number of ether oxygens (including phenoxy) is 2. The second-order valence-corrected chi connectivity index (χ2v) is 17.4. The molecule has 4 bridgehead atoms. The maximum Gasteiger partial charge on any atom is 0.312 e. The first-order valence-electron chi connectivity index (χ1n) is 19.6. The topological polar surface area (TPSA) is 165 Å². The van der Waals surface area contributed by atoms with Crippen LogP contribution in [-0.2, 0) is 41.9 Å². The Balaban J connectivity index is 0.819. The zero-order valence-corrected chi connectivity index (χ0v) is 31.4. The molecule has 6 aliphatic carbocycles. The number of likely N-dealkylation sites (tertiary alicyclic amines) is 2. The van der Waals surface area contributed by atoms with Crippen molar-refractivity contribution in [2.75, 3.05) is 26.2 Å². The van der Waals surface area contributed by atoms with Crippen LogP contribution in [0.2, 0.25) is 0 Å². The van der Waals surface area contributed by atoms with Gasteiger partial charge in [-0.2, -0.15) is 10.5 Å². The van der Waals surface area contributed by atoms with Crippen molar-refractivity contribution >= 4 is 23.8 Å². The van der Waals surface area contributed by atoms with E-state index in [1.807, 2.05) is 36.4 Å². The lowest BCUT2D eigenvalue weighted by Crippen LogP contribution is -2.59. The summed E-state index contributed by atoms with van der Waals surface area (Å²) in [7, 11) is 0. The van der Waals surface area contributed by atoms with Crippen molar-refractivity contribution in [2.45, 2.75) is 138 Å². The largest absolute Gasteiger partial charge is 0.460 e. The first-order chi connectivity index (χ1) is 26.5. The average molecular weight is 785 g/mol. The highest BCUT2D eigenvalue weighted by atomic mass is 19.3. The summed E-state index contributed by atoms with van der Waals surface area (Å²) in [5.74, 6) is -7.32. The van der Waals surface area contributed by atoms with Crippen LogP contribution in [0.25, 0.3) is 0 Å². The van der Waals surface area contributed by atoms with Crippen LogP contribution >= 0.6 is 0 Å². The molecule has 8 aliphatic rings. The molecule has 0 aromatic heterocycles. The molecule has 9 rings (SSSR count). The number of fused-ring (bicyclic) bond motifs is 6. The molecule has 2 heterocycles. The Hall–Kier alpha value is -4.28. The van der Waals surface area contributed by atoms with Gasteiger partial charge in [0.05, 0.1) is 49.1 Å². The molecule has 0 radical (unpaired) electrons. The Labute approximate surface area is 323 Å². The number of rotatable bonds is 12. The van der Waals surface area contributed by atoms with Crippen LogP contribution in [0.15, 0.2) is 24.3 Å². The molecule has 6 saturated carbocycles. The van der Waals surface area contributed by atoms with E-state index in [1.54, 1.807) is 0 Å². The van der Waals surface area contributed by atoms with Crippen LogP contribution in [0.3, 0.4) is 0 Å². The van der Waals surface area contributed by atoms with Crippen LogP contribution in [0.1, 0.15) is 101 Å². The van der Waals surface area contributed by atoms with Crippen LogP contribution in [0, 0.1) is 33.5 Å². The zero-order valence-electron chi connectivity index (χ0n) is 31.4. The van der Waals surface area contributed by atoms with Gasteiger partial charge in [0.1, 0.15) is 25.3 Å². The van der Waals surface area contributed by atoms with Crippen LogP contribution in [-0.4, -0.2) is 94.7 Å². The Morgan fingerprint density at radius 3 is 1.23 bits per heavy atom. The Morgan fingerprint density at radius 2 is 0.929 bits per heavy atom. The summed E-state index contributed by atoms with van der Waals surface area (Å²) in [6.45, 7) is -1.61. The Kier molecular flexibility index (Phi) is 10.6. The standard InChI is InChI=1S/C40H48F4N6O6/c41-39(42)17-29(19-45)49(25-39)21-31(51)47-37-11-5-35(6-12-37,7-13-37)33(53)55-23-27-1-2-28(4-3-27)24-56-34(54)36-8-14-38(15-9-36,16-10-36)48-32(52)22-50-26-40(43,44)18-30(50)20-46/h1-4,29-30H,5-18,21-26H2,(H,47,51)(H,48,52)/t29-,30-,35?,36?,37?,38?/m0/s1. The van der Waals surface area contributed by atoms with Crippen molar-refractivity contribution in [1.29, 1.82) is 10.5 Å². The molecule has 2 atom stereocenters. The number of esters is 2. The number of benzene rings is 1. The quantitative estimate of drug-likeness (QED) is 0.225. The number of nitrogens with one attached hydrogen (secondary N) is 2. The molecule has 8 fully saturated rings. The number of amides is 2. The molecule has 2 aliphatic heterocycles. The molecule has 2 saturated heterocycles. The maximum atomic E-state index is 13.8. The zero-order chi connectivity index (χ0) is 40.0. The predicted molar refractivity (Wildman–Crippen MR) is 189 cm³/mol. The van der Waals surface area contributed by atoms with Gasteiger partial charge in [-0.1, -0.05) is 24.3 Å². The summed E-state index contributed by atoms with van der Waals surface area (Å²) >= 11 is 0. The highest BCUT2D eigenvalue weighted by Gasteiger charge is 2.56. The summed E-state index contributed by atoms with van der Waals surface area (Å²) in [6.07, 6.45) is 5.57. The van der Waals surface area contributed by atoms with Gasteiger partial charge in [0.2, 0.25) is 11.8 Å². The molecule has 0 unspecified atom stereocenters. The SMILES string of the molecule is N#C[C@@H]1CC(F)(F)CN1CC(=O)NC12CCC(C(=O)OCc3ccc(COC(=O)C45CCC(NC(=O)CN6CC(F)(F)C[C@H]6C#N)(CC4)CC5)cc3)(CC1)CC2. The van der Waals surface area contributed by atoms with E-state index in [0.29, 0.717) is 77.0 Å². The van der Waals surface area contributed by atoms with Gasteiger partial charge in [0.25, 0.3) is 11.8 Å². The molecule has 2 amide bonds. The van der Waals surface area contributed by atoms with Crippen LogP contribution in [0.4, 0.5) is 17.6 Å². The summed E-state index contributed by atoms with van der Waals surface area (Å²) in [4.78, 5) is 54.8. The third kappa shape index (κ3) is 8.23. The van der Waals surface area contributed by atoms with Crippen LogP contribution in [0.5, 0.6) is 0 Å². The molecule has 302 valence electrons. The number of nitrogens with zero attached hydrogens (tertiary/aromatic N) is 4. The van der Waals surface area contributed by atoms with Gasteiger partial charge in [-0.15, -0.1) is 0 Å². The number of nitriles is 2. The predicted octanol–water partition coefficient (Wildman–Crippen LogP) is 4.66. The van der Waals surface area contributed by atoms with E-state index < -0.39 is 71.8 Å². The summed E-state index contributed by atoms with van der Waals surface area (Å²) in [5.41, 5.74) is -0.714. The van der Waals surface area contributed by atoms with Crippen LogP contribution < -0.4 is 10.6 Å². The second-order valence-electron chi connectivity index (χ2n) is 17.4. The molecule has 16 heteroatoms. The minimum atomic E-state index is -2.99. The number of hydrogen-bond acceptors (Lipinski definition) is 10. The number of alkyl halides is 4. The Morgan fingerprint density at radius 1 is 0.607 bits per heavy atom. The minimum Gasteiger partial charge on any atom is -0.460 e. The van der Waals surface area contributed by atoms with E-state index in [4.69, 9.17) is 9.47 Å². The van der Waals surface area contributed by atoms with Crippen molar-refractivity contribution in [3.05, 3.63) is 35.4 Å². The van der Waals surface area contributed by atoms with Crippen molar-refractivity contribution in [3.8, 4) is 12.1 Å². The number of carbonyl (C=O) groups excluding carboxylic acids is 4. The van der Waals surface area contributed by atoms with E-state index in [-0.39, 0.29) is 50.1 Å². The summed E-state index contributed by atoms with van der Waals surface area (Å²) in [5, 5.41) is 24.6. The number of halogens is 4. The van der Waals surface area contributed by atoms with Crippen molar-refractivity contribution in [1.82, 2.24) is 20.4 Å². The molecule has 2 N–H and O–H groups in total. The lowest BCUT2D eigenvalue weighted by atomic mass is 9.57. The molecule has 1 aromatic rings. The van der Waals surface area contributed by atoms with Gasteiger partial charge in [-0.3, -0.25) is 29.0 Å². The van der Waals surface area contributed by atoms with E-state index in [2.05, 4.69) is 10.6 Å². The lowest BCUT2D eigenvalue weighted by molar-refractivity contribution is -0.166. The van der Waals surface area contributed by atoms with Crippen molar-refractivity contribution in [2.24, 2.45) is 10.8 Å².